The van der Waals surface area contributed by atoms with Crippen molar-refractivity contribution in [3.8, 4) is 11.3 Å². The van der Waals surface area contributed by atoms with E-state index in [4.69, 9.17) is 4.42 Å². The predicted molar refractivity (Wildman–Crippen MR) is 127 cm³/mol. The summed E-state index contributed by atoms with van der Waals surface area (Å²) >= 11 is 0. The number of hydrogen-bond acceptors (Lipinski definition) is 4. The third-order valence-electron chi connectivity index (χ3n) is 5.42. The van der Waals surface area contributed by atoms with Gasteiger partial charge in [0.1, 0.15) is 0 Å². The summed E-state index contributed by atoms with van der Waals surface area (Å²) in [7, 11) is 0. The van der Waals surface area contributed by atoms with Crippen molar-refractivity contribution in [3.05, 3.63) is 108 Å². The van der Waals surface area contributed by atoms with Crippen LogP contribution in [0.3, 0.4) is 0 Å². The monoisotopic (exact) mass is 425 g/mol. The minimum absolute atomic E-state index is 0.0795. The van der Waals surface area contributed by atoms with Crippen LogP contribution in [0, 0.1) is 0 Å². The topological polar surface area (TPSA) is 58.4 Å². The van der Waals surface area contributed by atoms with E-state index in [-0.39, 0.29) is 11.9 Å². The molecule has 1 N–H and O–H groups in total. The molecule has 0 unspecified atom stereocenters. The van der Waals surface area contributed by atoms with Gasteiger partial charge < -0.3 is 9.73 Å². The third-order valence-corrected chi connectivity index (χ3v) is 5.42. The van der Waals surface area contributed by atoms with Gasteiger partial charge in [-0.3, -0.25) is 9.69 Å². The lowest BCUT2D eigenvalue weighted by molar-refractivity contribution is -0.114. The molecule has 1 aromatic heterocycles. The zero-order valence-electron chi connectivity index (χ0n) is 18.4. The van der Waals surface area contributed by atoms with E-state index in [2.05, 4.69) is 40.3 Å². The molecule has 0 spiro atoms. The summed E-state index contributed by atoms with van der Waals surface area (Å²) in [5.41, 5.74) is 4.13. The lowest BCUT2D eigenvalue weighted by atomic mass is 10.0. The summed E-state index contributed by atoms with van der Waals surface area (Å²) in [5.74, 6) is 1.36. The first-order valence-corrected chi connectivity index (χ1v) is 10.7. The second-order valence-electron chi connectivity index (χ2n) is 7.86. The average Bonchev–Trinajstić information content (AvgIpc) is 3.28. The fraction of sp³-hybridized carbons (Fsp3) is 0.185. The van der Waals surface area contributed by atoms with E-state index < -0.39 is 0 Å². The summed E-state index contributed by atoms with van der Waals surface area (Å²) in [6.07, 6.45) is 1.79. The number of oxazole rings is 1. The van der Waals surface area contributed by atoms with Gasteiger partial charge in [-0.25, -0.2) is 4.98 Å². The molecule has 0 saturated carbocycles. The maximum Gasteiger partial charge on any atom is 0.221 e. The van der Waals surface area contributed by atoms with Crippen LogP contribution < -0.4 is 5.32 Å². The number of carbonyl (C=O) groups is 1. The van der Waals surface area contributed by atoms with Gasteiger partial charge >= 0.3 is 0 Å². The van der Waals surface area contributed by atoms with Gasteiger partial charge in [0.15, 0.2) is 5.76 Å². The van der Waals surface area contributed by atoms with E-state index in [9.17, 15) is 4.79 Å². The Hall–Kier alpha value is -3.70. The molecular formula is C27H27N3O2. The van der Waals surface area contributed by atoms with Crippen LogP contribution in [0.25, 0.3) is 11.3 Å². The van der Waals surface area contributed by atoms with Crippen LogP contribution in [-0.2, 0) is 17.9 Å². The molecule has 5 heteroatoms. The number of anilines is 1. The lowest BCUT2D eigenvalue weighted by Gasteiger charge is -2.28. The molecule has 4 rings (SSSR count). The van der Waals surface area contributed by atoms with Gasteiger partial charge in [0.25, 0.3) is 0 Å². The van der Waals surface area contributed by atoms with Crippen molar-refractivity contribution in [2.45, 2.75) is 33.0 Å². The molecule has 32 heavy (non-hydrogen) atoms. The number of amides is 1. The molecule has 5 nitrogen and oxygen atoms in total. The molecule has 0 aliphatic heterocycles. The standard InChI is InChI=1S/C27H27N3O2/c1-20(24-14-9-15-25(16-24)29-21(2)31)30(18-22-10-5-3-6-11-22)19-27-28-17-26(32-27)23-12-7-4-8-13-23/h3-17,20H,18-19H2,1-2H3,(H,29,31)/t20-/m1/s1. The Bertz CT molecular complexity index is 1160. The second kappa shape index (κ2) is 10.1. The molecule has 1 heterocycles. The number of nitrogens with one attached hydrogen (secondary N) is 1. The van der Waals surface area contributed by atoms with Crippen LogP contribution in [0.2, 0.25) is 0 Å². The normalized spacial score (nSPS) is 12.0. The Labute approximate surface area is 188 Å². The van der Waals surface area contributed by atoms with Gasteiger partial charge in [-0.05, 0) is 30.2 Å². The zero-order valence-corrected chi connectivity index (χ0v) is 18.4. The number of hydrogen-bond donors (Lipinski definition) is 1. The highest BCUT2D eigenvalue weighted by Gasteiger charge is 2.20. The molecule has 0 bridgehead atoms. The van der Waals surface area contributed by atoms with Gasteiger partial charge in [-0.15, -0.1) is 0 Å². The Morgan fingerprint density at radius 3 is 2.41 bits per heavy atom. The molecule has 0 aliphatic carbocycles. The molecule has 4 aromatic rings. The number of rotatable bonds is 8. The molecule has 0 saturated heterocycles. The fourth-order valence-corrected chi connectivity index (χ4v) is 3.73. The van der Waals surface area contributed by atoms with Gasteiger partial charge in [-0.1, -0.05) is 72.8 Å². The summed E-state index contributed by atoms with van der Waals surface area (Å²) in [5, 5.41) is 2.87. The third kappa shape index (κ3) is 5.50. The second-order valence-corrected chi connectivity index (χ2v) is 7.86. The number of aromatic nitrogens is 1. The van der Waals surface area contributed by atoms with Gasteiger partial charge in [0.05, 0.1) is 12.7 Å². The van der Waals surface area contributed by atoms with Crippen LogP contribution in [0.15, 0.2) is 95.5 Å². The van der Waals surface area contributed by atoms with E-state index in [0.29, 0.717) is 12.4 Å². The Morgan fingerprint density at radius 1 is 0.969 bits per heavy atom. The quantitative estimate of drug-likeness (QED) is 0.373. The summed E-state index contributed by atoms with van der Waals surface area (Å²) in [6.45, 7) is 4.99. The van der Waals surface area contributed by atoms with Crippen molar-refractivity contribution in [1.29, 1.82) is 0 Å². The maximum atomic E-state index is 11.5. The van der Waals surface area contributed by atoms with Crippen molar-refractivity contribution >= 4 is 11.6 Å². The number of nitrogens with zero attached hydrogens (tertiary/aromatic N) is 2. The fourth-order valence-electron chi connectivity index (χ4n) is 3.73. The van der Waals surface area contributed by atoms with Crippen molar-refractivity contribution in [2.24, 2.45) is 0 Å². The maximum absolute atomic E-state index is 11.5. The van der Waals surface area contributed by atoms with E-state index in [0.717, 1.165) is 29.1 Å². The molecule has 162 valence electrons. The highest BCUT2D eigenvalue weighted by molar-refractivity contribution is 5.88. The summed E-state index contributed by atoms with van der Waals surface area (Å²) in [4.78, 5) is 18.4. The first-order valence-electron chi connectivity index (χ1n) is 10.7. The van der Waals surface area contributed by atoms with Gasteiger partial charge in [0.2, 0.25) is 11.8 Å². The van der Waals surface area contributed by atoms with Crippen molar-refractivity contribution in [1.82, 2.24) is 9.88 Å². The largest absolute Gasteiger partial charge is 0.439 e. The van der Waals surface area contributed by atoms with E-state index in [1.807, 2.05) is 66.7 Å². The number of benzene rings is 3. The Kier molecular flexibility index (Phi) is 6.78. The van der Waals surface area contributed by atoms with Gasteiger partial charge in [0, 0.05) is 30.8 Å². The highest BCUT2D eigenvalue weighted by atomic mass is 16.4. The minimum Gasteiger partial charge on any atom is -0.439 e. The zero-order chi connectivity index (χ0) is 22.3. The average molecular weight is 426 g/mol. The molecular weight excluding hydrogens is 398 g/mol. The summed E-state index contributed by atoms with van der Waals surface area (Å²) in [6, 6.07) is 28.4. The van der Waals surface area contributed by atoms with Crippen LogP contribution in [0.4, 0.5) is 5.69 Å². The minimum atomic E-state index is -0.0795. The SMILES string of the molecule is CC(=O)Nc1cccc([C@@H](C)N(Cc2ccccc2)Cc2ncc(-c3ccccc3)o2)c1. The van der Waals surface area contributed by atoms with E-state index in [1.54, 1.807) is 6.20 Å². The van der Waals surface area contributed by atoms with Crippen molar-refractivity contribution in [3.63, 3.8) is 0 Å². The lowest BCUT2D eigenvalue weighted by Crippen LogP contribution is -2.26. The number of carbonyl (C=O) groups excluding carboxylic acids is 1. The van der Waals surface area contributed by atoms with Crippen LogP contribution >= 0.6 is 0 Å². The van der Waals surface area contributed by atoms with Gasteiger partial charge in [-0.2, -0.15) is 0 Å². The molecule has 0 radical (unpaired) electrons. The first kappa shape index (κ1) is 21.5. The molecule has 1 atom stereocenters. The molecule has 1 amide bonds. The molecule has 3 aromatic carbocycles. The van der Waals surface area contributed by atoms with Crippen LogP contribution in [-0.4, -0.2) is 15.8 Å². The molecule has 0 fully saturated rings. The molecule has 0 aliphatic rings. The van der Waals surface area contributed by atoms with Crippen LogP contribution in [0.1, 0.15) is 36.9 Å². The van der Waals surface area contributed by atoms with Crippen molar-refractivity contribution in [2.75, 3.05) is 5.32 Å². The Balaban J connectivity index is 1.59. The van der Waals surface area contributed by atoms with Crippen molar-refractivity contribution < 1.29 is 9.21 Å². The van der Waals surface area contributed by atoms with Crippen LogP contribution in [0.5, 0.6) is 0 Å². The Morgan fingerprint density at radius 2 is 1.69 bits per heavy atom. The first-order chi connectivity index (χ1) is 15.6. The highest BCUT2D eigenvalue weighted by Crippen LogP contribution is 2.28. The van der Waals surface area contributed by atoms with E-state index >= 15 is 0 Å². The predicted octanol–water partition coefficient (Wildman–Crippen LogP) is 6.06. The van der Waals surface area contributed by atoms with E-state index in [1.165, 1.54) is 12.5 Å². The smallest absolute Gasteiger partial charge is 0.221 e. The summed E-state index contributed by atoms with van der Waals surface area (Å²) < 4.78 is 6.09.